The van der Waals surface area contributed by atoms with Crippen LogP contribution in [-0.2, 0) is 11.2 Å². The second-order valence-corrected chi connectivity index (χ2v) is 6.70. The van der Waals surface area contributed by atoms with Gasteiger partial charge in [0.2, 0.25) is 0 Å². The van der Waals surface area contributed by atoms with Gasteiger partial charge in [-0.2, -0.15) is 11.3 Å². The fourth-order valence-corrected chi connectivity index (χ4v) is 3.50. The second-order valence-electron chi connectivity index (χ2n) is 5.92. The predicted molar refractivity (Wildman–Crippen MR) is 89.7 cm³/mol. The molecule has 6 heteroatoms. The molecule has 2 aromatic heterocycles. The summed E-state index contributed by atoms with van der Waals surface area (Å²) in [7, 11) is 0. The zero-order valence-electron chi connectivity index (χ0n) is 13.5. The lowest BCUT2D eigenvalue weighted by Gasteiger charge is -2.35. The van der Waals surface area contributed by atoms with Crippen molar-refractivity contribution in [2.24, 2.45) is 0 Å². The van der Waals surface area contributed by atoms with Crippen molar-refractivity contribution in [2.45, 2.75) is 32.4 Å². The standard InChI is InChI=1S/C17H22N2O3S/c1-12(9-14-5-8-23-11-14)18-17(20)19-6-7-21-10-15(19)16-4-3-13(2)22-16/h3-5,8,11-12,15H,6-7,9-10H2,1-2H3,(H,18,20)/t12-,15-/m1/s1. The Morgan fingerprint density at radius 2 is 2.35 bits per heavy atom. The van der Waals surface area contributed by atoms with Gasteiger partial charge in [-0.1, -0.05) is 0 Å². The Morgan fingerprint density at radius 3 is 3.04 bits per heavy atom. The van der Waals surface area contributed by atoms with E-state index in [-0.39, 0.29) is 18.1 Å². The van der Waals surface area contributed by atoms with Gasteiger partial charge in [-0.05, 0) is 54.8 Å². The zero-order valence-corrected chi connectivity index (χ0v) is 14.3. The van der Waals surface area contributed by atoms with Gasteiger partial charge in [-0.25, -0.2) is 4.79 Å². The Bertz CT molecular complexity index is 638. The summed E-state index contributed by atoms with van der Waals surface area (Å²) in [5, 5.41) is 7.26. The average Bonchev–Trinajstić information content (AvgIpc) is 3.18. The van der Waals surface area contributed by atoms with Crippen LogP contribution in [-0.4, -0.2) is 36.7 Å². The molecule has 0 radical (unpaired) electrons. The van der Waals surface area contributed by atoms with E-state index in [2.05, 4.69) is 22.1 Å². The summed E-state index contributed by atoms with van der Waals surface area (Å²) in [6.45, 7) is 5.53. The number of carbonyl (C=O) groups excluding carboxylic acids is 1. The highest BCUT2D eigenvalue weighted by atomic mass is 32.1. The van der Waals surface area contributed by atoms with E-state index in [4.69, 9.17) is 9.15 Å². The molecule has 0 unspecified atom stereocenters. The molecule has 0 aromatic carbocycles. The topological polar surface area (TPSA) is 54.7 Å². The van der Waals surface area contributed by atoms with Crippen LogP contribution in [0.3, 0.4) is 0 Å². The number of aryl methyl sites for hydroxylation is 1. The minimum atomic E-state index is -0.161. The fourth-order valence-electron chi connectivity index (χ4n) is 2.82. The lowest BCUT2D eigenvalue weighted by molar-refractivity contribution is 0.00360. The summed E-state index contributed by atoms with van der Waals surface area (Å²) in [6.07, 6.45) is 0.837. The van der Waals surface area contributed by atoms with Gasteiger partial charge >= 0.3 is 6.03 Å². The van der Waals surface area contributed by atoms with Gasteiger partial charge in [0, 0.05) is 12.6 Å². The summed E-state index contributed by atoms with van der Waals surface area (Å²) in [4.78, 5) is 14.5. The van der Waals surface area contributed by atoms with Crippen molar-refractivity contribution < 1.29 is 13.9 Å². The number of ether oxygens (including phenoxy) is 1. The highest BCUT2D eigenvalue weighted by Crippen LogP contribution is 2.26. The lowest BCUT2D eigenvalue weighted by Crippen LogP contribution is -2.50. The monoisotopic (exact) mass is 334 g/mol. The van der Waals surface area contributed by atoms with Gasteiger partial charge < -0.3 is 19.4 Å². The third kappa shape index (κ3) is 3.95. The molecule has 2 amide bonds. The van der Waals surface area contributed by atoms with Crippen molar-refractivity contribution in [3.8, 4) is 0 Å². The van der Waals surface area contributed by atoms with Crippen LogP contribution in [0, 0.1) is 6.92 Å². The van der Waals surface area contributed by atoms with Crippen LogP contribution in [0.2, 0.25) is 0 Å². The van der Waals surface area contributed by atoms with Crippen molar-refractivity contribution >= 4 is 17.4 Å². The van der Waals surface area contributed by atoms with Crippen molar-refractivity contribution in [3.05, 3.63) is 46.0 Å². The third-order valence-corrected chi connectivity index (χ3v) is 4.70. The third-order valence-electron chi connectivity index (χ3n) is 3.97. The molecule has 0 spiro atoms. The van der Waals surface area contributed by atoms with Gasteiger partial charge in [0.15, 0.2) is 0 Å². The van der Waals surface area contributed by atoms with Crippen LogP contribution in [0.25, 0.3) is 0 Å². The molecule has 23 heavy (non-hydrogen) atoms. The molecule has 124 valence electrons. The Balaban J connectivity index is 1.64. The second kappa shape index (κ2) is 7.19. The maximum atomic E-state index is 12.6. The van der Waals surface area contributed by atoms with Gasteiger partial charge in [-0.15, -0.1) is 0 Å². The predicted octanol–water partition coefficient (Wildman–Crippen LogP) is 3.36. The number of thiophene rings is 1. The molecule has 3 heterocycles. The maximum absolute atomic E-state index is 12.6. The Labute approximate surface area is 140 Å². The van der Waals surface area contributed by atoms with Crippen LogP contribution in [0.1, 0.15) is 30.0 Å². The number of nitrogens with one attached hydrogen (secondary N) is 1. The summed E-state index contributed by atoms with van der Waals surface area (Å²) >= 11 is 1.68. The van der Waals surface area contributed by atoms with Crippen molar-refractivity contribution in [3.63, 3.8) is 0 Å². The number of morpholine rings is 1. The van der Waals surface area contributed by atoms with E-state index in [1.807, 2.05) is 30.9 Å². The van der Waals surface area contributed by atoms with E-state index in [1.54, 1.807) is 11.3 Å². The Kier molecular flexibility index (Phi) is 5.03. The van der Waals surface area contributed by atoms with Gasteiger partial charge in [0.1, 0.15) is 17.6 Å². The molecular weight excluding hydrogens is 312 g/mol. The quantitative estimate of drug-likeness (QED) is 0.933. The van der Waals surface area contributed by atoms with Crippen LogP contribution in [0.4, 0.5) is 4.79 Å². The SMILES string of the molecule is Cc1ccc([C@H]2COCCN2C(=O)N[C@H](C)Cc2ccsc2)o1. The van der Waals surface area contributed by atoms with Crippen molar-refractivity contribution in [1.29, 1.82) is 0 Å². The number of amides is 2. The first kappa shape index (κ1) is 16.1. The molecule has 3 rings (SSSR count). The Hall–Kier alpha value is -1.79. The first-order valence-electron chi connectivity index (χ1n) is 7.86. The normalized spacial score (nSPS) is 19.6. The van der Waals surface area contributed by atoms with Gasteiger partial charge in [0.25, 0.3) is 0 Å². The minimum absolute atomic E-state index is 0.0601. The number of carbonyl (C=O) groups is 1. The van der Waals surface area contributed by atoms with E-state index < -0.39 is 0 Å². The van der Waals surface area contributed by atoms with E-state index in [0.29, 0.717) is 19.8 Å². The number of hydrogen-bond acceptors (Lipinski definition) is 4. The smallest absolute Gasteiger partial charge is 0.318 e. The summed E-state index contributed by atoms with van der Waals surface area (Å²) in [5.74, 6) is 1.62. The molecule has 1 fully saturated rings. The fraction of sp³-hybridized carbons (Fsp3) is 0.471. The first-order valence-corrected chi connectivity index (χ1v) is 8.80. The van der Waals surface area contributed by atoms with Crippen LogP contribution >= 0.6 is 11.3 Å². The van der Waals surface area contributed by atoms with E-state index in [9.17, 15) is 4.79 Å². The average molecular weight is 334 g/mol. The highest BCUT2D eigenvalue weighted by Gasteiger charge is 2.31. The molecule has 1 saturated heterocycles. The lowest BCUT2D eigenvalue weighted by atomic mass is 10.1. The minimum Gasteiger partial charge on any atom is -0.464 e. The molecule has 1 aliphatic heterocycles. The van der Waals surface area contributed by atoms with Crippen molar-refractivity contribution in [1.82, 2.24) is 10.2 Å². The van der Waals surface area contributed by atoms with Crippen LogP contribution < -0.4 is 5.32 Å². The highest BCUT2D eigenvalue weighted by molar-refractivity contribution is 7.07. The first-order chi connectivity index (χ1) is 11.1. The maximum Gasteiger partial charge on any atom is 0.318 e. The molecule has 1 N–H and O–H groups in total. The molecule has 1 aliphatic rings. The molecule has 5 nitrogen and oxygen atoms in total. The number of furan rings is 1. The molecule has 0 saturated carbocycles. The number of hydrogen-bond donors (Lipinski definition) is 1. The largest absolute Gasteiger partial charge is 0.464 e. The van der Waals surface area contributed by atoms with Crippen molar-refractivity contribution in [2.75, 3.05) is 19.8 Å². The number of urea groups is 1. The van der Waals surface area contributed by atoms with E-state index >= 15 is 0 Å². The van der Waals surface area contributed by atoms with Crippen LogP contribution in [0.5, 0.6) is 0 Å². The summed E-state index contributed by atoms with van der Waals surface area (Å²) < 4.78 is 11.2. The number of nitrogens with zero attached hydrogens (tertiary/aromatic N) is 1. The van der Waals surface area contributed by atoms with E-state index in [1.165, 1.54) is 5.56 Å². The Morgan fingerprint density at radius 1 is 1.48 bits per heavy atom. The summed E-state index contributed by atoms with van der Waals surface area (Å²) in [5.41, 5.74) is 1.25. The molecule has 2 atom stereocenters. The number of rotatable bonds is 4. The zero-order chi connectivity index (χ0) is 16.2. The molecule has 0 aliphatic carbocycles. The van der Waals surface area contributed by atoms with E-state index in [0.717, 1.165) is 17.9 Å². The molecule has 0 bridgehead atoms. The van der Waals surface area contributed by atoms with Gasteiger partial charge in [-0.3, -0.25) is 0 Å². The van der Waals surface area contributed by atoms with Crippen LogP contribution in [0.15, 0.2) is 33.4 Å². The van der Waals surface area contributed by atoms with Gasteiger partial charge in [0.05, 0.1) is 13.2 Å². The molecule has 2 aromatic rings. The molecular formula is C17H22N2O3S. The summed E-state index contributed by atoms with van der Waals surface area (Å²) in [6, 6.07) is 5.79.